The fourth-order valence-corrected chi connectivity index (χ4v) is 2.36. The van der Waals surface area contributed by atoms with Gasteiger partial charge in [-0.3, -0.25) is 9.89 Å². The summed E-state index contributed by atoms with van der Waals surface area (Å²) in [5, 5.41) is 9.35. The van der Waals surface area contributed by atoms with E-state index in [0.29, 0.717) is 11.4 Å². The summed E-state index contributed by atoms with van der Waals surface area (Å²) in [4.78, 5) is 16.1. The van der Waals surface area contributed by atoms with Crippen LogP contribution in [-0.2, 0) is 0 Å². The van der Waals surface area contributed by atoms with Crippen molar-refractivity contribution in [3.63, 3.8) is 0 Å². The second-order valence-corrected chi connectivity index (χ2v) is 5.79. The maximum absolute atomic E-state index is 12.1. The van der Waals surface area contributed by atoms with Crippen LogP contribution in [0.1, 0.15) is 29.1 Å². The van der Waals surface area contributed by atoms with E-state index in [9.17, 15) is 4.79 Å². The number of hydrogen-bond acceptors (Lipinski definition) is 3. The Balaban J connectivity index is 2.15. The lowest BCUT2D eigenvalue weighted by Crippen LogP contribution is -2.27. The molecular formula is C11H10BrIN4O. The molecule has 94 valence electrons. The molecule has 1 aromatic carbocycles. The minimum Gasteiger partial charge on any atom is -0.342 e. The summed E-state index contributed by atoms with van der Waals surface area (Å²) in [7, 11) is 0. The van der Waals surface area contributed by atoms with Crippen LogP contribution in [0.25, 0.3) is 0 Å². The van der Waals surface area contributed by atoms with E-state index < -0.39 is 0 Å². The Kier molecular flexibility index (Phi) is 4.33. The molecule has 7 heteroatoms. The number of halogens is 2. The van der Waals surface area contributed by atoms with Crippen molar-refractivity contribution in [2.45, 2.75) is 13.0 Å². The number of aromatic nitrogens is 3. The molecule has 2 rings (SSSR count). The number of benzene rings is 1. The molecule has 2 aromatic rings. The highest BCUT2D eigenvalue weighted by Crippen LogP contribution is 2.20. The minimum absolute atomic E-state index is 0.149. The molecule has 0 saturated heterocycles. The number of rotatable bonds is 3. The van der Waals surface area contributed by atoms with Gasteiger partial charge in [0.15, 0.2) is 0 Å². The van der Waals surface area contributed by atoms with Gasteiger partial charge in [0.25, 0.3) is 5.91 Å². The molecule has 0 radical (unpaired) electrons. The third-order valence-electron chi connectivity index (χ3n) is 2.36. The van der Waals surface area contributed by atoms with Crippen molar-refractivity contribution in [1.29, 1.82) is 0 Å². The van der Waals surface area contributed by atoms with Gasteiger partial charge in [0.1, 0.15) is 12.2 Å². The number of amides is 1. The Bertz CT molecular complexity index is 558. The number of hydrogen-bond donors (Lipinski definition) is 2. The van der Waals surface area contributed by atoms with E-state index in [1.165, 1.54) is 6.33 Å². The first-order valence-corrected chi connectivity index (χ1v) is 7.06. The first-order valence-electron chi connectivity index (χ1n) is 5.19. The Morgan fingerprint density at radius 1 is 1.56 bits per heavy atom. The van der Waals surface area contributed by atoms with Crippen LogP contribution in [-0.4, -0.2) is 21.1 Å². The van der Waals surface area contributed by atoms with Crippen LogP contribution in [0.3, 0.4) is 0 Å². The summed E-state index contributed by atoms with van der Waals surface area (Å²) in [6.45, 7) is 1.85. The molecule has 0 fully saturated rings. The molecule has 0 aliphatic rings. The lowest BCUT2D eigenvalue weighted by Gasteiger charge is -2.12. The van der Waals surface area contributed by atoms with Gasteiger partial charge in [0, 0.05) is 8.04 Å². The normalized spacial score (nSPS) is 12.2. The smallest absolute Gasteiger partial charge is 0.253 e. The number of H-pyrrole nitrogens is 1. The van der Waals surface area contributed by atoms with E-state index in [1.54, 1.807) is 0 Å². The second-order valence-electron chi connectivity index (χ2n) is 3.69. The SMILES string of the molecule is CC(NC(=O)c1cc(I)ccc1Br)c1ncn[nH]1. The van der Waals surface area contributed by atoms with Gasteiger partial charge in [-0.2, -0.15) is 5.10 Å². The number of carbonyl (C=O) groups excluding carboxylic acids is 1. The maximum atomic E-state index is 12.1. The largest absolute Gasteiger partial charge is 0.342 e. The standard InChI is InChI=1S/C11H10BrIN4O/c1-6(10-14-5-15-17-10)16-11(18)8-4-7(13)2-3-9(8)12/h2-6H,1H3,(H,16,18)(H,14,15,17). The van der Waals surface area contributed by atoms with Gasteiger partial charge in [0.2, 0.25) is 0 Å². The molecule has 1 unspecified atom stereocenters. The highest BCUT2D eigenvalue weighted by Gasteiger charge is 2.15. The van der Waals surface area contributed by atoms with Gasteiger partial charge in [-0.15, -0.1) is 0 Å². The highest BCUT2D eigenvalue weighted by atomic mass is 127. The molecule has 0 saturated carbocycles. The molecule has 2 N–H and O–H groups in total. The van der Waals surface area contributed by atoms with Crippen molar-refractivity contribution in [1.82, 2.24) is 20.5 Å². The quantitative estimate of drug-likeness (QED) is 0.750. The Labute approximate surface area is 126 Å². The predicted octanol–water partition coefficient (Wildman–Crippen LogP) is 2.66. The zero-order valence-electron chi connectivity index (χ0n) is 9.45. The lowest BCUT2D eigenvalue weighted by atomic mass is 10.2. The summed E-state index contributed by atoms with van der Waals surface area (Å²) in [5.41, 5.74) is 0.605. The van der Waals surface area contributed by atoms with E-state index in [2.05, 4.69) is 59.0 Å². The van der Waals surface area contributed by atoms with Crippen molar-refractivity contribution in [3.05, 3.63) is 44.0 Å². The van der Waals surface area contributed by atoms with Gasteiger partial charge in [-0.25, -0.2) is 4.98 Å². The van der Waals surface area contributed by atoms with Gasteiger partial charge in [-0.05, 0) is 63.6 Å². The summed E-state index contributed by atoms with van der Waals surface area (Å²) in [6, 6.07) is 5.40. The molecule has 1 amide bonds. The third kappa shape index (κ3) is 3.08. The van der Waals surface area contributed by atoms with Crippen molar-refractivity contribution < 1.29 is 4.79 Å². The van der Waals surface area contributed by atoms with E-state index in [4.69, 9.17) is 0 Å². The lowest BCUT2D eigenvalue weighted by molar-refractivity contribution is 0.0937. The van der Waals surface area contributed by atoms with Crippen molar-refractivity contribution in [2.24, 2.45) is 0 Å². The van der Waals surface area contributed by atoms with Gasteiger partial charge >= 0.3 is 0 Å². The molecule has 0 aliphatic heterocycles. The summed E-state index contributed by atoms with van der Waals surface area (Å²) < 4.78 is 1.78. The van der Waals surface area contributed by atoms with E-state index in [1.807, 2.05) is 25.1 Å². The van der Waals surface area contributed by atoms with Gasteiger partial charge in [-0.1, -0.05) is 0 Å². The molecule has 5 nitrogen and oxygen atoms in total. The monoisotopic (exact) mass is 420 g/mol. The van der Waals surface area contributed by atoms with E-state index in [0.717, 1.165) is 8.04 Å². The molecule has 0 aliphatic carbocycles. The average molecular weight is 421 g/mol. The average Bonchev–Trinajstić information content (AvgIpc) is 2.85. The number of nitrogens with zero attached hydrogens (tertiary/aromatic N) is 2. The summed E-state index contributed by atoms with van der Waals surface area (Å²) >= 11 is 5.54. The molecular weight excluding hydrogens is 411 g/mol. The number of aromatic amines is 1. The van der Waals surface area contributed by atoms with Crippen LogP contribution in [0.15, 0.2) is 29.0 Å². The van der Waals surface area contributed by atoms with Gasteiger partial charge in [0.05, 0.1) is 11.6 Å². The topological polar surface area (TPSA) is 70.7 Å². The zero-order chi connectivity index (χ0) is 13.1. The van der Waals surface area contributed by atoms with Crippen molar-refractivity contribution in [2.75, 3.05) is 0 Å². The second kappa shape index (κ2) is 5.79. The third-order valence-corrected chi connectivity index (χ3v) is 3.73. The van der Waals surface area contributed by atoms with Crippen LogP contribution < -0.4 is 5.32 Å². The van der Waals surface area contributed by atoms with Gasteiger partial charge < -0.3 is 5.32 Å². The first kappa shape index (κ1) is 13.5. The number of nitrogens with one attached hydrogen (secondary N) is 2. The Morgan fingerprint density at radius 2 is 2.33 bits per heavy atom. The van der Waals surface area contributed by atoms with E-state index >= 15 is 0 Å². The van der Waals surface area contributed by atoms with Crippen LogP contribution in [0.2, 0.25) is 0 Å². The van der Waals surface area contributed by atoms with Crippen LogP contribution in [0.4, 0.5) is 0 Å². The predicted molar refractivity (Wildman–Crippen MR) is 79.1 cm³/mol. The van der Waals surface area contributed by atoms with Crippen LogP contribution in [0.5, 0.6) is 0 Å². The van der Waals surface area contributed by atoms with Crippen molar-refractivity contribution >= 4 is 44.4 Å². The first-order chi connectivity index (χ1) is 8.58. The zero-order valence-corrected chi connectivity index (χ0v) is 13.2. The van der Waals surface area contributed by atoms with E-state index in [-0.39, 0.29) is 11.9 Å². The number of carbonyl (C=O) groups is 1. The summed E-state index contributed by atoms with van der Waals surface area (Å²) in [5.74, 6) is 0.481. The maximum Gasteiger partial charge on any atom is 0.253 e. The fourth-order valence-electron chi connectivity index (χ4n) is 1.44. The molecule has 0 spiro atoms. The molecule has 18 heavy (non-hydrogen) atoms. The molecule has 1 heterocycles. The molecule has 1 atom stereocenters. The molecule has 0 bridgehead atoms. The molecule has 1 aromatic heterocycles. The highest BCUT2D eigenvalue weighted by molar-refractivity contribution is 14.1. The Hall–Kier alpha value is -0.960. The fraction of sp³-hybridized carbons (Fsp3) is 0.182. The van der Waals surface area contributed by atoms with Crippen LogP contribution >= 0.6 is 38.5 Å². The van der Waals surface area contributed by atoms with Crippen molar-refractivity contribution in [3.8, 4) is 0 Å². The Morgan fingerprint density at radius 3 is 3.00 bits per heavy atom. The van der Waals surface area contributed by atoms with Crippen LogP contribution in [0, 0.1) is 3.57 Å². The minimum atomic E-state index is -0.218. The summed E-state index contributed by atoms with van der Waals surface area (Å²) in [6.07, 6.45) is 1.42.